The highest BCUT2D eigenvalue weighted by Gasteiger charge is 2.08. The summed E-state index contributed by atoms with van der Waals surface area (Å²) < 4.78 is 9.91. The van der Waals surface area contributed by atoms with Crippen LogP contribution in [0.4, 0.5) is 0 Å². The molecule has 1 aromatic rings. The van der Waals surface area contributed by atoms with E-state index in [0.29, 0.717) is 0 Å². The second kappa shape index (κ2) is 6.91. The van der Waals surface area contributed by atoms with Gasteiger partial charge in [-0.1, -0.05) is 12.1 Å². The van der Waals surface area contributed by atoms with Crippen LogP contribution in [-0.4, -0.2) is 32.8 Å². The molecule has 0 aliphatic rings. The summed E-state index contributed by atoms with van der Waals surface area (Å²) >= 11 is 0. The topological polar surface area (TPSA) is 47.6 Å². The van der Waals surface area contributed by atoms with Crippen LogP contribution in [0.15, 0.2) is 24.3 Å². The van der Waals surface area contributed by atoms with Gasteiger partial charge < -0.3 is 14.8 Å². The Hall–Kier alpha value is -1.55. The molecule has 0 aromatic heterocycles. The zero-order valence-electron chi connectivity index (χ0n) is 10.5. The lowest BCUT2D eigenvalue weighted by Crippen LogP contribution is -2.36. The molecule has 94 valence electrons. The summed E-state index contributed by atoms with van der Waals surface area (Å²) in [7, 11) is 3.15. The van der Waals surface area contributed by atoms with E-state index in [4.69, 9.17) is 9.47 Å². The fourth-order valence-electron chi connectivity index (χ4n) is 1.65. The Morgan fingerprint density at radius 3 is 2.82 bits per heavy atom. The molecule has 0 bridgehead atoms. The maximum atomic E-state index is 11.3. The van der Waals surface area contributed by atoms with E-state index in [1.165, 1.54) is 7.11 Å². The van der Waals surface area contributed by atoms with Crippen molar-refractivity contribution >= 4 is 5.91 Å². The number of nitrogens with one attached hydrogen (secondary N) is 1. The Balaban J connectivity index is 2.49. The maximum absolute atomic E-state index is 11.3. The number of rotatable bonds is 6. The van der Waals surface area contributed by atoms with Gasteiger partial charge in [-0.05, 0) is 31.0 Å². The molecule has 0 aliphatic heterocycles. The third-order valence-corrected chi connectivity index (χ3v) is 2.36. The van der Waals surface area contributed by atoms with Gasteiger partial charge in [0.1, 0.15) is 12.4 Å². The van der Waals surface area contributed by atoms with Gasteiger partial charge in [-0.15, -0.1) is 0 Å². The Labute approximate surface area is 102 Å². The first kappa shape index (κ1) is 13.5. The lowest BCUT2D eigenvalue weighted by Gasteiger charge is -2.14. The molecule has 0 unspecified atom stereocenters. The van der Waals surface area contributed by atoms with Gasteiger partial charge in [0.05, 0.1) is 7.11 Å². The average Bonchev–Trinajstić information content (AvgIpc) is 2.29. The molecule has 0 aliphatic carbocycles. The number of amides is 1. The van der Waals surface area contributed by atoms with Crippen LogP contribution in [0.2, 0.25) is 0 Å². The van der Waals surface area contributed by atoms with E-state index < -0.39 is 0 Å². The molecule has 0 spiro atoms. The van der Waals surface area contributed by atoms with Crippen molar-refractivity contribution in [3.05, 3.63) is 29.8 Å². The Morgan fingerprint density at radius 1 is 1.41 bits per heavy atom. The summed E-state index contributed by atoms with van der Waals surface area (Å²) in [6.07, 6.45) is 0.770. The van der Waals surface area contributed by atoms with Crippen LogP contribution in [0.3, 0.4) is 0 Å². The lowest BCUT2D eigenvalue weighted by atomic mass is 10.1. The molecule has 1 N–H and O–H groups in total. The molecular formula is C13H19NO3. The van der Waals surface area contributed by atoms with E-state index in [1.807, 2.05) is 31.2 Å². The van der Waals surface area contributed by atoms with E-state index in [1.54, 1.807) is 7.11 Å². The Bertz CT molecular complexity index is 365. The smallest absolute Gasteiger partial charge is 0.246 e. The van der Waals surface area contributed by atoms with Crippen molar-refractivity contribution in [3.8, 4) is 5.75 Å². The Morgan fingerprint density at radius 2 is 2.18 bits per heavy atom. The standard InChI is InChI=1S/C13H19NO3/c1-10(14-13(15)9-16-2)7-11-5-4-6-12(8-11)17-3/h4-6,8,10H,7,9H2,1-3H3,(H,14,15)/t10-/m1/s1. The quantitative estimate of drug-likeness (QED) is 0.813. The molecule has 1 amide bonds. The van der Waals surface area contributed by atoms with E-state index in [2.05, 4.69) is 5.32 Å². The molecule has 0 saturated heterocycles. The molecule has 4 nitrogen and oxygen atoms in total. The highest BCUT2D eigenvalue weighted by molar-refractivity contribution is 5.77. The van der Waals surface area contributed by atoms with Gasteiger partial charge in [0.15, 0.2) is 0 Å². The first-order valence-corrected chi connectivity index (χ1v) is 5.57. The minimum atomic E-state index is -0.0945. The van der Waals surface area contributed by atoms with E-state index in [0.717, 1.165) is 17.7 Å². The average molecular weight is 237 g/mol. The first-order chi connectivity index (χ1) is 8.15. The van der Waals surface area contributed by atoms with E-state index in [9.17, 15) is 4.79 Å². The van der Waals surface area contributed by atoms with Crippen LogP contribution in [0.25, 0.3) is 0 Å². The largest absolute Gasteiger partial charge is 0.497 e. The maximum Gasteiger partial charge on any atom is 0.246 e. The minimum Gasteiger partial charge on any atom is -0.497 e. The summed E-state index contributed by atoms with van der Waals surface area (Å²) in [5.74, 6) is 0.737. The molecule has 0 radical (unpaired) electrons. The minimum absolute atomic E-state index is 0.0738. The van der Waals surface area contributed by atoms with Gasteiger partial charge in [-0.3, -0.25) is 4.79 Å². The van der Waals surface area contributed by atoms with E-state index >= 15 is 0 Å². The van der Waals surface area contributed by atoms with E-state index in [-0.39, 0.29) is 18.6 Å². The number of carbonyl (C=O) groups is 1. The van der Waals surface area contributed by atoms with Crippen molar-refractivity contribution < 1.29 is 14.3 Å². The zero-order valence-corrected chi connectivity index (χ0v) is 10.5. The monoisotopic (exact) mass is 237 g/mol. The SMILES string of the molecule is COCC(=O)N[C@H](C)Cc1cccc(OC)c1. The molecule has 4 heteroatoms. The Kier molecular flexibility index (Phi) is 5.49. The van der Waals surface area contributed by atoms with Gasteiger partial charge in [-0.2, -0.15) is 0 Å². The number of carbonyl (C=O) groups excluding carboxylic acids is 1. The van der Waals surface area contributed by atoms with Crippen molar-refractivity contribution in [3.63, 3.8) is 0 Å². The summed E-state index contributed by atoms with van der Waals surface area (Å²) in [4.78, 5) is 11.3. The number of ether oxygens (including phenoxy) is 2. The second-order valence-electron chi connectivity index (χ2n) is 3.96. The van der Waals surface area contributed by atoms with Crippen molar-refractivity contribution in [1.82, 2.24) is 5.32 Å². The normalized spacial score (nSPS) is 11.9. The molecule has 1 atom stereocenters. The summed E-state index contributed by atoms with van der Waals surface area (Å²) in [6.45, 7) is 2.06. The summed E-state index contributed by atoms with van der Waals surface area (Å²) in [5.41, 5.74) is 1.13. The van der Waals surface area contributed by atoms with Crippen LogP contribution in [0, 0.1) is 0 Å². The molecule has 17 heavy (non-hydrogen) atoms. The van der Waals surface area contributed by atoms with Gasteiger partial charge in [0, 0.05) is 13.2 Å². The van der Waals surface area contributed by atoms with Crippen LogP contribution in [0.1, 0.15) is 12.5 Å². The van der Waals surface area contributed by atoms with Gasteiger partial charge >= 0.3 is 0 Å². The highest BCUT2D eigenvalue weighted by Crippen LogP contribution is 2.13. The second-order valence-corrected chi connectivity index (χ2v) is 3.96. The van der Waals surface area contributed by atoms with Crippen LogP contribution < -0.4 is 10.1 Å². The number of methoxy groups -OCH3 is 2. The number of hydrogen-bond acceptors (Lipinski definition) is 3. The molecule has 0 heterocycles. The van der Waals surface area contributed by atoms with Crippen molar-refractivity contribution in [2.75, 3.05) is 20.8 Å². The summed E-state index contributed by atoms with van der Waals surface area (Å²) in [5, 5.41) is 2.86. The molecule has 1 rings (SSSR count). The van der Waals surface area contributed by atoms with Gasteiger partial charge in [0.2, 0.25) is 5.91 Å². The van der Waals surface area contributed by atoms with Gasteiger partial charge in [0.25, 0.3) is 0 Å². The van der Waals surface area contributed by atoms with Crippen LogP contribution >= 0.6 is 0 Å². The number of hydrogen-bond donors (Lipinski definition) is 1. The van der Waals surface area contributed by atoms with Crippen LogP contribution in [-0.2, 0) is 16.0 Å². The zero-order chi connectivity index (χ0) is 12.7. The van der Waals surface area contributed by atoms with Crippen molar-refractivity contribution in [2.24, 2.45) is 0 Å². The predicted molar refractivity (Wildman–Crippen MR) is 66.2 cm³/mol. The molecule has 0 saturated carbocycles. The third-order valence-electron chi connectivity index (χ3n) is 2.36. The van der Waals surface area contributed by atoms with Crippen molar-refractivity contribution in [2.45, 2.75) is 19.4 Å². The van der Waals surface area contributed by atoms with Crippen molar-refractivity contribution in [1.29, 1.82) is 0 Å². The molecule has 0 fully saturated rings. The fourth-order valence-corrected chi connectivity index (χ4v) is 1.65. The predicted octanol–water partition coefficient (Wildman–Crippen LogP) is 1.39. The molecule has 1 aromatic carbocycles. The third kappa shape index (κ3) is 4.87. The summed E-state index contributed by atoms with van der Waals surface area (Å²) in [6, 6.07) is 7.90. The lowest BCUT2D eigenvalue weighted by molar-refractivity contribution is -0.125. The van der Waals surface area contributed by atoms with Gasteiger partial charge in [-0.25, -0.2) is 0 Å². The van der Waals surface area contributed by atoms with Crippen LogP contribution in [0.5, 0.6) is 5.75 Å². The number of benzene rings is 1. The highest BCUT2D eigenvalue weighted by atomic mass is 16.5. The fraction of sp³-hybridized carbons (Fsp3) is 0.462. The first-order valence-electron chi connectivity index (χ1n) is 5.57. The molecular weight excluding hydrogens is 218 g/mol.